The van der Waals surface area contributed by atoms with E-state index in [2.05, 4.69) is 0 Å². The summed E-state index contributed by atoms with van der Waals surface area (Å²) in [5.41, 5.74) is 2.02. The first-order valence-electron chi connectivity index (χ1n) is 7.82. The Morgan fingerprint density at radius 2 is 1.85 bits per heavy atom. The van der Waals surface area contributed by atoms with Gasteiger partial charge >= 0.3 is 0 Å². The van der Waals surface area contributed by atoms with Crippen LogP contribution in [-0.4, -0.2) is 13.0 Å². The molecule has 0 radical (unpaired) electrons. The van der Waals surface area contributed by atoms with Crippen molar-refractivity contribution in [1.29, 1.82) is 5.41 Å². The third-order valence-corrected chi connectivity index (χ3v) is 3.95. The van der Waals surface area contributed by atoms with Crippen LogP contribution in [0.5, 0.6) is 5.75 Å². The summed E-state index contributed by atoms with van der Waals surface area (Å²) in [7, 11) is 1.44. The molecule has 6 heteroatoms. The van der Waals surface area contributed by atoms with Crippen molar-refractivity contribution in [2.75, 3.05) is 7.11 Å². The molecule has 136 valence electrons. The maximum absolute atomic E-state index is 7.65. The Morgan fingerprint density at radius 1 is 1.08 bits per heavy atom. The van der Waals surface area contributed by atoms with Gasteiger partial charge < -0.3 is 13.9 Å². The van der Waals surface area contributed by atoms with Crippen LogP contribution in [0.3, 0.4) is 0 Å². The van der Waals surface area contributed by atoms with Crippen LogP contribution in [0.4, 0.5) is 0 Å². The molecule has 0 bridgehead atoms. The van der Waals surface area contributed by atoms with Gasteiger partial charge in [0.2, 0.25) is 5.90 Å². The minimum atomic E-state index is -0.00195. The summed E-state index contributed by atoms with van der Waals surface area (Å²) < 4.78 is 16.5. The summed E-state index contributed by atoms with van der Waals surface area (Å²) in [6.07, 6.45) is 0.516. The van der Waals surface area contributed by atoms with E-state index in [-0.39, 0.29) is 18.3 Å². The van der Waals surface area contributed by atoms with Crippen molar-refractivity contribution in [2.45, 2.75) is 13.0 Å². The fourth-order valence-electron chi connectivity index (χ4n) is 2.45. The van der Waals surface area contributed by atoms with Gasteiger partial charge in [-0.25, -0.2) is 0 Å². The molecule has 3 rings (SSSR count). The van der Waals surface area contributed by atoms with Gasteiger partial charge in [-0.2, -0.15) is 0 Å². The van der Waals surface area contributed by atoms with Crippen molar-refractivity contribution in [3.8, 4) is 5.75 Å². The Hall–Kier alpha value is -2.43. The molecule has 0 saturated carbocycles. The predicted octanol–water partition coefficient (Wildman–Crippen LogP) is 5.50. The monoisotopic (exact) mass is 391 g/mol. The Balaban J connectivity index is 0.00000243. The number of halogens is 2. The largest absolute Gasteiger partial charge is 0.489 e. The fraction of sp³-hybridized carbons (Fsp3) is 0.150. The van der Waals surface area contributed by atoms with Crippen LogP contribution in [0.25, 0.3) is 0 Å². The zero-order valence-corrected chi connectivity index (χ0v) is 15.8. The van der Waals surface area contributed by atoms with Crippen molar-refractivity contribution >= 4 is 29.9 Å². The lowest BCUT2D eigenvalue weighted by Crippen LogP contribution is -2.00. The van der Waals surface area contributed by atoms with Gasteiger partial charge in [-0.1, -0.05) is 41.9 Å². The summed E-state index contributed by atoms with van der Waals surface area (Å²) in [5, 5.41) is 8.28. The Kier molecular flexibility index (Phi) is 7.13. The highest BCUT2D eigenvalue weighted by atomic mass is 35.5. The maximum atomic E-state index is 7.65. The van der Waals surface area contributed by atoms with Crippen LogP contribution in [0, 0.1) is 5.41 Å². The van der Waals surface area contributed by atoms with E-state index in [0.29, 0.717) is 29.6 Å². The van der Waals surface area contributed by atoms with Crippen LogP contribution >= 0.6 is 24.0 Å². The topological polar surface area (TPSA) is 55.5 Å². The van der Waals surface area contributed by atoms with E-state index in [1.54, 1.807) is 12.1 Å². The number of hydrogen-bond acceptors (Lipinski definition) is 4. The van der Waals surface area contributed by atoms with Crippen molar-refractivity contribution in [1.82, 2.24) is 0 Å². The van der Waals surface area contributed by atoms with Crippen LogP contribution < -0.4 is 4.74 Å². The van der Waals surface area contributed by atoms with E-state index in [1.165, 1.54) is 7.11 Å². The molecule has 0 unspecified atom stereocenters. The van der Waals surface area contributed by atoms with Gasteiger partial charge in [0.05, 0.1) is 7.11 Å². The van der Waals surface area contributed by atoms with Gasteiger partial charge in [0.15, 0.2) is 5.76 Å². The zero-order valence-electron chi connectivity index (χ0n) is 14.2. The van der Waals surface area contributed by atoms with Crippen molar-refractivity contribution in [3.63, 3.8) is 0 Å². The van der Waals surface area contributed by atoms with Gasteiger partial charge in [-0.3, -0.25) is 5.41 Å². The van der Waals surface area contributed by atoms with E-state index in [1.807, 2.05) is 48.5 Å². The predicted molar refractivity (Wildman–Crippen MR) is 105 cm³/mol. The summed E-state index contributed by atoms with van der Waals surface area (Å²) in [6.45, 7) is 0.479. The van der Waals surface area contributed by atoms with Crippen molar-refractivity contribution in [2.24, 2.45) is 0 Å². The second-order valence-corrected chi connectivity index (χ2v) is 5.94. The summed E-state index contributed by atoms with van der Waals surface area (Å²) in [6, 6.07) is 19.1. The summed E-state index contributed by atoms with van der Waals surface area (Å²) in [4.78, 5) is 0. The second-order valence-electron chi connectivity index (χ2n) is 5.50. The standard InChI is InChI=1S/C20H18ClNO3.ClH/c1-23-20(22)19-10-8-17(25-19)12-15-11-16(21)7-9-18(15)24-13-14-5-3-2-4-6-14;/h2-11,22H,12-13H2,1H3;1H. The van der Waals surface area contributed by atoms with Gasteiger partial charge in [0, 0.05) is 17.0 Å². The molecule has 0 amide bonds. The first kappa shape index (κ1) is 19.9. The molecule has 1 N–H and O–H groups in total. The minimum Gasteiger partial charge on any atom is -0.489 e. The average Bonchev–Trinajstić information content (AvgIpc) is 3.10. The number of ether oxygens (including phenoxy) is 2. The minimum absolute atomic E-state index is 0. The van der Waals surface area contributed by atoms with E-state index < -0.39 is 0 Å². The first-order valence-corrected chi connectivity index (χ1v) is 8.20. The lowest BCUT2D eigenvalue weighted by molar-refractivity contribution is 0.303. The lowest BCUT2D eigenvalue weighted by atomic mass is 10.1. The van der Waals surface area contributed by atoms with Gasteiger partial charge in [-0.15, -0.1) is 12.4 Å². The Bertz CT molecular complexity index is 863. The molecule has 3 aromatic rings. The molecule has 0 spiro atoms. The first-order chi connectivity index (χ1) is 12.2. The third kappa shape index (κ3) is 5.04. The maximum Gasteiger partial charge on any atom is 0.249 e. The van der Waals surface area contributed by atoms with Gasteiger partial charge in [0.1, 0.15) is 18.1 Å². The van der Waals surface area contributed by atoms with Crippen molar-refractivity contribution < 1.29 is 13.9 Å². The fourth-order valence-corrected chi connectivity index (χ4v) is 2.64. The molecular weight excluding hydrogens is 373 g/mol. The summed E-state index contributed by atoms with van der Waals surface area (Å²) >= 11 is 6.14. The van der Waals surface area contributed by atoms with Crippen LogP contribution in [0.15, 0.2) is 65.1 Å². The normalized spacial score (nSPS) is 10.1. The Morgan fingerprint density at radius 3 is 2.58 bits per heavy atom. The highest BCUT2D eigenvalue weighted by Gasteiger charge is 2.12. The van der Waals surface area contributed by atoms with Crippen LogP contribution in [0.2, 0.25) is 5.02 Å². The van der Waals surface area contributed by atoms with Crippen LogP contribution in [0.1, 0.15) is 22.6 Å². The Labute approximate surface area is 163 Å². The molecule has 0 aliphatic rings. The highest BCUT2D eigenvalue weighted by Crippen LogP contribution is 2.27. The van der Waals surface area contributed by atoms with Crippen molar-refractivity contribution in [3.05, 3.63) is 88.3 Å². The third-order valence-electron chi connectivity index (χ3n) is 3.71. The summed E-state index contributed by atoms with van der Waals surface area (Å²) in [5.74, 6) is 1.86. The smallest absolute Gasteiger partial charge is 0.249 e. The quantitative estimate of drug-likeness (QED) is 0.445. The molecular formula is C20H19Cl2NO3. The van der Waals surface area contributed by atoms with Gasteiger partial charge in [-0.05, 0) is 35.9 Å². The molecule has 0 atom stereocenters. The number of furan rings is 1. The van der Waals surface area contributed by atoms with Crippen LogP contribution in [-0.2, 0) is 17.8 Å². The second kappa shape index (κ2) is 9.32. The number of nitrogens with one attached hydrogen (secondary N) is 1. The number of methoxy groups -OCH3 is 1. The van der Waals surface area contributed by atoms with E-state index >= 15 is 0 Å². The zero-order chi connectivity index (χ0) is 17.6. The van der Waals surface area contributed by atoms with E-state index in [0.717, 1.165) is 16.9 Å². The number of hydrogen-bond donors (Lipinski definition) is 1. The highest BCUT2D eigenvalue weighted by molar-refractivity contribution is 6.30. The molecule has 1 aromatic heterocycles. The molecule has 2 aromatic carbocycles. The van der Waals surface area contributed by atoms with E-state index in [4.69, 9.17) is 30.9 Å². The number of benzene rings is 2. The molecule has 0 fully saturated rings. The molecule has 26 heavy (non-hydrogen) atoms. The van der Waals surface area contributed by atoms with Gasteiger partial charge in [0.25, 0.3) is 0 Å². The average molecular weight is 392 g/mol. The van der Waals surface area contributed by atoms with E-state index in [9.17, 15) is 0 Å². The number of rotatable bonds is 6. The molecule has 1 heterocycles. The molecule has 0 aliphatic heterocycles. The lowest BCUT2D eigenvalue weighted by Gasteiger charge is -2.11. The molecule has 0 saturated heterocycles. The molecule has 4 nitrogen and oxygen atoms in total. The SMILES string of the molecule is COC(=N)c1ccc(Cc2cc(Cl)ccc2OCc2ccccc2)o1.Cl. The molecule has 0 aliphatic carbocycles.